The second kappa shape index (κ2) is 9.43. The Morgan fingerprint density at radius 2 is 2.10 bits per heavy atom. The molecule has 4 nitrogen and oxygen atoms in total. The van der Waals surface area contributed by atoms with Crippen LogP contribution < -0.4 is 0 Å². The normalized spacial score (nSPS) is 24.3. The third-order valence-electron chi connectivity index (χ3n) is 6.27. The van der Waals surface area contributed by atoms with E-state index in [4.69, 9.17) is 9.73 Å². The zero-order valence-corrected chi connectivity index (χ0v) is 17.9. The van der Waals surface area contributed by atoms with Gasteiger partial charge in [0.05, 0.1) is 24.9 Å². The lowest BCUT2D eigenvalue weighted by molar-refractivity contribution is -0.500. The largest absolute Gasteiger partial charge is 0.494 e. The maximum absolute atomic E-state index is 5.67. The number of ether oxygens (including phenoxy) is 1. The van der Waals surface area contributed by atoms with Crippen LogP contribution in [0.4, 0.5) is 0 Å². The quantitative estimate of drug-likeness (QED) is 0.624. The molecule has 1 unspecified atom stereocenters. The molecule has 154 valence electrons. The molecular weight excluding hydrogens is 358 g/mol. The first-order valence-electron chi connectivity index (χ1n) is 11.3. The van der Waals surface area contributed by atoms with Crippen molar-refractivity contribution in [2.24, 2.45) is 4.99 Å². The van der Waals surface area contributed by atoms with Crippen LogP contribution in [0.5, 0.6) is 0 Å². The number of nitrogens with zero attached hydrogens (tertiary/aromatic N) is 2. The summed E-state index contributed by atoms with van der Waals surface area (Å²) in [6, 6.07) is 4.66. The van der Waals surface area contributed by atoms with E-state index in [2.05, 4.69) is 34.8 Å². The molecule has 1 aromatic rings. The molecule has 1 atom stereocenters. The van der Waals surface area contributed by atoms with Crippen molar-refractivity contribution in [2.75, 3.05) is 7.11 Å². The highest BCUT2D eigenvalue weighted by Gasteiger charge is 2.30. The van der Waals surface area contributed by atoms with Crippen molar-refractivity contribution in [3.8, 4) is 0 Å². The smallest absolute Gasteiger partial charge is 0.188 e. The van der Waals surface area contributed by atoms with Gasteiger partial charge in [0.15, 0.2) is 18.0 Å². The summed E-state index contributed by atoms with van der Waals surface area (Å²) in [6.07, 6.45) is 21.5. The van der Waals surface area contributed by atoms with Crippen molar-refractivity contribution >= 4 is 11.4 Å². The summed E-state index contributed by atoms with van der Waals surface area (Å²) in [5, 5.41) is 0. The molecule has 0 aliphatic carbocycles. The van der Waals surface area contributed by atoms with E-state index in [1.807, 2.05) is 18.3 Å². The second-order valence-corrected chi connectivity index (χ2v) is 8.43. The molecule has 0 saturated heterocycles. The van der Waals surface area contributed by atoms with E-state index in [-0.39, 0.29) is 0 Å². The first-order chi connectivity index (χ1) is 14.3. The molecule has 0 spiro atoms. The number of hydrogen-bond acceptors (Lipinski definition) is 2. The van der Waals surface area contributed by atoms with Gasteiger partial charge in [-0.2, -0.15) is 4.58 Å². The van der Waals surface area contributed by atoms with Crippen LogP contribution in [0.3, 0.4) is 0 Å². The van der Waals surface area contributed by atoms with Crippen molar-refractivity contribution < 1.29 is 9.31 Å². The van der Waals surface area contributed by atoms with Crippen LogP contribution in [0, 0.1) is 0 Å². The van der Waals surface area contributed by atoms with Gasteiger partial charge in [-0.1, -0.05) is 26.2 Å². The summed E-state index contributed by atoms with van der Waals surface area (Å²) in [4.78, 5) is 8.14. The standard InChI is InChI=1S/C25H33N3O/c1-3-10-20-12-8-6-4-5-7-11-19-15-21(28(20)18-19)16-24-25(29-2)17-23(27-24)22-13-9-14-26-22/h9,13-14,16-18,20H,3-8,10-12,15H2,1-2H3/p+1. The van der Waals surface area contributed by atoms with Crippen molar-refractivity contribution in [3.63, 3.8) is 0 Å². The molecule has 0 radical (unpaired) electrons. The van der Waals surface area contributed by atoms with Gasteiger partial charge in [-0.25, -0.2) is 4.99 Å². The Kier molecular flexibility index (Phi) is 6.48. The zero-order chi connectivity index (χ0) is 20.1. The van der Waals surface area contributed by atoms with Crippen molar-refractivity contribution in [3.05, 3.63) is 59.4 Å². The maximum atomic E-state index is 5.67. The van der Waals surface area contributed by atoms with Gasteiger partial charge in [-0.3, -0.25) is 0 Å². The number of methoxy groups -OCH3 is 1. The van der Waals surface area contributed by atoms with E-state index in [1.54, 1.807) is 12.7 Å². The molecular formula is C25H34N3O+. The number of aromatic amines is 1. The number of aliphatic imine (C=N–C) groups is 1. The molecule has 4 rings (SSSR count). The fraction of sp³-hybridized carbons (Fsp3) is 0.520. The van der Waals surface area contributed by atoms with Crippen molar-refractivity contribution in [2.45, 2.75) is 77.2 Å². The number of nitrogens with one attached hydrogen (secondary N) is 1. The number of fused-ring (bicyclic) bond motifs is 1. The Bertz CT molecular complexity index is 868. The molecule has 0 amide bonds. The topological polar surface area (TPSA) is 40.4 Å². The molecule has 4 heterocycles. The average Bonchev–Trinajstić information content (AvgIpc) is 3.45. The van der Waals surface area contributed by atoms with Crippen LogP contribution in [0.15, 0.2) is 58.7 Å². The van der Waals surface area contributed by atoms with Crippen LogP contribution in [0.1, 0.15) is 76.8 Å². The zero-order valence-electron chi connectivity index (χ0n) is 17.9. The molecule has 3 aliphatic heterocycles. The second-order valence-electron chi connectivity index (χ2n) is 8.43. The molecule has 3 aliphatic rings. The van der Waals surface area contributed by atoms with Gasteiger partial charge >= 0.3 is 0 Å². The van der Waals surface area contributed by atoms with Crippen LogP contribution in [0.2, 0.25) is 0 Å². The number of H-pyrrole nitrogens is 1. The predicted molar refractivity (Wildman–Crippen MR) is 119 cm³/mol. The average molecular weight is 393 g/mol. The summed E-state index contributed by atoms with van der Waals surface area (Å²) in [5.74, 6) is 0.851. The van der Waals surface area contributed by atoms with E-state index in [1.165, 1.54) is 63.5 Å². The van der Waals surface area contributed by atoms with Gasteiger partial charge in [0.25, 0.3) is 0 Å². The highest BCUT2D eigenvalue weighted by Crippen LogP contribution is 2.28. The SMILES string of the molecule is CCCC1CCCCCCCC2=C[N+]1=C(C=C1N=C(c3ccc[nH]3)C=C1OC)C2. The monoisotopic (exact) mass is 392 g/mol. The fourth-order valence-corrected chi connectivity index (χ4v) is 4.75. The van der Waals surface area contributed by atoms with Crippen LogP contribution in [0.25, 0.3) is 0 Å². The molecule has 0 fully saturated rings. The Balaban J connectivity index is 1.67. The summed E-state index contributed by atoms with van der Waals surface area (Å²) >= 11 is 0. The number of aromatic nitrogens is 1. The third kappa shape index (κ3) is 4.63. The van der Waals surface area contributed by atoms with Gasteiger partial charge < -0.3 is 9.72 Å². The van der Waals surface area contributed by atoms with Crippen LogP contribution in [-0.2, 0) is 4.74 Å². The highest BCUT2D eigenvalue weighted by molar-refractivity contribution is 6.11. The molecule has 1 aromatic heterocycles. The van der Waals surface area contributed by atoms with E-state index >= 15 is 0 Å². The minimum absolute atomic E-state index is 0.602. The molecule has 0 saturated carbocycles. The fourth-order valence-electron chi connectivity index (χ4n) is 4.75. The maximum Gasteiger partial charge on any atom is 0.188 e. The van der Waals surface area contributed by atoms with Crippen molar-refractivity contribution in [1.29, 1.82) is 0 Å². The summed E-state index contributed by atoms with van der Waals surface area (Å²) in [6.45, 7) is 2.31. The Hall–Kier alpha value is -2.36. The molecule has 29 heavy (non-hydrogen) atoms. The summed E-state index contributed by atoms with van der Waals surface area (Å²) in [5.41, 5.74) is 5.87. The lowest BCUT2D eigenvalue weighted by Crippen LogP contribution is -2.25. The first-order valence-corrected chi connectivity index (χ1v) is 11.3. The molecule has 0 aromatic carbocycles. The summed E-state index contributed by atoms with van der Waals surface area (Å²) in [7, 11) is 1.74. The van der Waals surface area contributed by atoms with E-state index in [0.29, 0.717) is 6.04 Å². The number of allylic oxidation sites excluding steroid dienone is 3. The van der Waals surface area contributed by atoms with Gasteiger partial charge in [0.1, 0.15) is 11.5 Å². The Labute approximate surface area is 174 Å². The first kappa shape index (κ1) is 19.9. The van der Waals surface area contributed by atoms with Gasteiger partial charge in [-0.15, -0.1) is 0 Å². The number of rotatable bonds is 5. The lowest BCUT2D eigenvalue weighted by Gasteiger charge is -2.13. The molecule has 2 bridgehead atoms. The van der Waals surface area contributed by atoms with Crippen molar-refractivity contribution in [1.82, 2.24) is 4.98 Å². The Morgan fingerprint density at radius 3 is 2.90 bits per heavy atom. The predicted octanol–water partition coefficient (Wildman–Crippen LogP) is 5.89. The molecule has 4 heteroatoms. The van der Waals surface area contributed by atoms with Crippen LogP contribution >= 0.6 is 0 Å². The highest BCUT2D eigenvalue weighted by atomic mass is 16.5. The molecule has 1 N–H and O–H groups in total. The van der Waals surface area contributed by atoms with Crippen LogP contribution in [-0.4, -0.2) is 34.1 Å². The van der Waals surface area contributed by atoms with Gasteiger partial charge in [0, 0.05) is 36.8 Å². The third-order valence-corrected chi connectivity index (χ3v) is 6.27. The lowest BCUT2D eigenvalue weighted by atomic mass is 10.00. The van der Waals surface area contributed by atoms with E-state index in [0.717, 1.165) is 29.3 Å². The minimum Gasteiger partial charge on any atom is -0.494 e. The van der Waals surface area contributed by atoms with Gasteiger partial charge in [-0.05, 0) is 37.8 Å². The number of hydrogen-bond donors (Lipinski definition) is 1. The van der Waals surface area contributed by atoms with E-state index in [9.17, 15) is 0 Å². The summed E-state index contributed by atoms with van der Waals surface area (Å²) < 4.78 is 8.25. The minimum atomic E-state index is 0.602. The van der Waals surface area contributed by atoms with E-state index < -0.39 is 0 Å². The Morgan fingerprint density at radius 1 is 1.24 bits per heavy atom. The van der Waals surface area contributed by atoms with Gasteiger partial charge in [0.2, 0.25) is 0 Å².